The minimum atomic E-state index is -4.45. The number of ether oxygens (including phenoxy) is 1. The van der Waals surface area contributed by atoms with Crippen molar-refractivity contribution in [2.75, 3.05) is 13.2 Å². The summed E-state index contributed by atoms with van der Waals surface area (Å²) in [5, 5.41) is 9.85. The van der Waals surface area contributed by atoms with E-state index >= 15 is 0 Å². The van der Waals surface area contributed by atoms with E-state index in [9.17, 15) is 27.2 Å². The normalized spacial score (nSPS) is 26.5. The molecule has 3 fully saturated rings. The Hall–Kier alpha value is -3.02. The van der Waals surface area contributed by atoms with Crippen molar-refractivity contribution in [1.82, 2.24) is 25.4 Å². The van der Waals surface area contributed by atoms with Gasteiger partial charge in [0.1, 0.15) is 0 Å². The predicted octanol–water partition coefficient (Wildman–Crippen LogP) is 4.70. The molecule has 12 heteroatoms. The zero-order valence-electron chi connectivity index (χ0n) is 22.0. The van der Waals surface area contributed by atoms with Crippen LogP contribution in [0.1, 0.15) is 74.5 Å². The minimum Gasteiger partial charge on any atom is -0.366 e. The lowest BCUT2D eigenvalue weighted by atomic mass is 9.80. The number of alkyl halides is 3. The van der Waals surface area contributed by atoms with Crippen molar-refractivity contribution >= 4 is 11.8 Å². The van der Waals surface area contributed by atoms with Crippen molar-refractivity contribution in [1.29, 1.82) is 0 Å². The summed E-state index contributed by atoms with van der Waals surface area (Å²) in [7, 11) is 0. The molecule has 0 bridgehead atoms. The second-order valence-electron chi connectivity index (χ2n) is 11.1. The van der Waals surface area contributed by atoms with E-state index in [0.29, 0.717) is 30.8 Å². The molecule has 212 valence electrons. The van der Waals surface area contributed by atoms with Gasteiger partial charge >= 0.3 is 6.18 Å². The highest BCUT2D eigenvalue weighted by Gasteiger charge is 2.57. The third-order valence-corrected chi connectivity index (χ3v) is 8.50. The van der Waals surface area contributed by atoms with Crippen LogP contribution in [0.25, 0.3) is 11.3 Å². The zero-order chi connectivity index (χ0) is 28.0. The van der Waals surface area contributed by atoms with Crippen molar-refractivity contribution in [3.63, 3.8) is 0 Å². The van der Waals surface area contributed by atoms with Crippen molar-refractivity contribution < 1.29 is 31.9 Å². The number of halogens is 4. The van der Waals surface area contributed by atoms with Crippen LogP contribution < -0.4 is 5.32 Å². The molecule has 1 aliphatic heterocycles. The van der Waals surface area contributed by atoms with Gasteiger partial charge in [0.15, 0.2) is 17.1 Å². The maximum Gasteiger partial charge on any atom is 0.417 e. The largest absolute Gasteiger partial charge is 0.417 e. The Bertz CT molecular complexity index is 1230. The average molecular weight is 552 g/mol. The molecule has 1 saturated heterocycles. The molecule has 3 aliphatic rings. The Morgan fingerprint density at radius 2 is 1.90 bits per heavy atom. The van der Waals surface area contributed by atoms with Gasteiger partial charge in [-0.1, -0.05) is 0 Å². The number of aryl methyl sites for hydroxylation is 1. The number of likely N-dealkylation sites (tertiary alicyclic amines) is 1. The predicted molar refractivity (Wildman–Crippen MR) is 133 cm³/mol. The third-order valence-electron chi connectivity index (χ3n) is 8.50. The van der Waals surface area contributed by atoms with Gasteiger partial charge < -0.3 is 15.0 Å². The fraction of sp³-hybridized carbons (Fsp3) is 0.630. The molecule has 2 N–H and O–H groups in total. The van der Waals surface area contributed by atoms with Gasteiger partial charge in [-0.25, -0.2) is 4.39 Å². The first-order valence-electron chi connectivity index (χ1n) is 13.5. The van der Waals surface area contributed by atoms with Crippen molar-refractivity contribution in [2.24, 2.45) is 5.92 Å². The second-order valence-corrected chi connectivity index (χ2v) is 11.1. The molecule has 0 radical (unpaired) electrons. The van der Waals surface area contributed by atoms with Crippen LogP contribution in [0.4, 0.5) is 17.6 Å². The molecule has 0 unspecified atom stereocenters. The zero-order valence-corrected chi connectivity index (χ0v) is 22.0. The van der Waals surface area contributed by atoms with Gasteiger partial charge in [0.25, 0.3) is 5.91 Å². The van der Waals surface area contributed by atoms with E-state index < -0.39 is 23.1 Å². The number of hydrogen-bond acceptors (Lipinski definition) is 5. The van der Waals surface area contributed by atoms with E-state index in [1.807, 2.05) is 0 Å². The first-order valence-corrected chi connectivity index (χ1v) is 13.5. The van der Waals surface area contributed by atoms with Gasteiger partial charge in [0.05, 0.1) is 11.9 Å². The summed E-state index contributed by atoms with van der Waals surface area (Å²) in [6, 6.07) is 2.78. The standard InChI is InChI=1S/C27H33F4N5O3/c1-3-39-26(27(29,30)31)7-4-18(5-8-26)33-23(37)17-6-11-36(25(14-17)9-10-25)24(38)22-13-21(34-35-22)19-12-16(2)32-15-20(19)28/h12-13,15,17-18H,3-11,14H2,1-2H3,(H,33,37)(H,34,35)/t17-,18?,26?/m0/s1. The number of pyridine rings is 1. The third kappa shape index (κ3) is 5.27. The van der Waals surface area contributed by atoms with E-state index in [0.717, 1.165) is 19.0 Å². The van der Waals surface area contributed by atoms with Crippen LogP contribution in [0.15, 0.2) is 18.3 Å². The fourth-order valence-electron chi connectivity index (χ4n) is 6.14. The number of nitrogens with one attached hydrogen (secondary N) is 2. The van der Waals surface area contributed by atoms with E-state index in [1.54, 1.807) is 24.8 Å². The topological polar surface area (TPSA) is 100 Å². The molecule has 2 amide bonds. The smallest absolute Gasteiger partial charge is 0.366 e. The number of piperidine rings is 1. The summed E-state index contributed by atoms with van der Waals surface area (Å²) in [5.41, 5.74) is -1.09. The first kappa shape index (κ1) is 27.5. The van der Waals surface area contributed by atoms with Crippen molar-refractivity contribution in [3.05, 3.63) is 35.5 Å². The number of aromatic nitrogens is 3. The maximum absolute atomic E-state index is 14.3. The number of amides is 2. The van der Waals surface area contributed by atoms with Gasteiger partial charge in [-0.2, -0.15) is 18.3 Å². The van der Waals surface area contributed by atoms with E-state index in [4.69, 9.17) is 4.74 Å². The number of rotatable bonds is 6. The maximum atomic E-state index is 14.3. The monoisotopic (exact) mass is 551 g/mol. The first-order chi connectivity index (χ1) is 18.5. The molecule has 0 aromatic carbocycles. The van der Waals surface area contributed by atoms with Crippen LogP contribution in [-0.2, 0) is 9.53 Å². The number of H-pyrrole nitrogens is 1. The fourth-order valence-corrected chi connectivity index (χ4v) is 6.14. The molecule has 2 aliphatic carbocycles. The Morgan fingerprint density at radius 3 is 2.54 bits per heavy atom. The van der Waals surface area contributed by atoms with Gasteiger partial charge in [-0.3, -0.25) is 19.7 Å². The molecule has 2 aromatic heterocycles. The highest BCUT2D eigenvalue weighted by molar-refractivity contribution is 5.94. The van der Waals surface area contributed by atoms with Crippen LogP contribution in [-0.4, -0.2) is 68.4 Å². The Morgan fingerprint density at radius 1 is 1.18 bits per heavy atom. The summed E-state index contributed by atoms with van der Waals surface area (Å²) < 4.78 is 60.3. The molecule has 8 nitrogen and oxygen atoms in total. The summed E-state index contributed by atoms with van der Waals surface area (Å²) in [4.78, 5) is 32.2. The van der Waals surface area contributed by atoms with Gasteiger partial charge in [-0.15, -0.1) is 0 Å². The summed E-state index contributed by atoms with van der Waals surface area (Å²) in [6.45, 7) is 3.65. The average Bonchev–Trinajstić information content (AvgIpc) is 3.47. The van der Waals surface area contributed by atoms with Crippen LogP contribution >= 0.6 is 0 Å². The Labute approximate surface area is 223 Å². The number of hydrogen-bond donors (Lipinski definition) is 2. The summed E-state index contributed by atoms with van der Waals surface area (Å²) in [6.07, 6.45) is -0.794. The molecule has 2 aromatic rings. The molecule has 5 rings (SSSR count). The second kappa shape index (κ2) is 10.2. The highest BCUT2D eigenvalue weighted by Crippen LogP contribution is 2.51. The van der Waals surface area contributed by atoms with Crippen molar-refractivity contribution in [2.45, 2.75) is 88.6 Å². The lowest BCUT2D eigenvalue weighted by Gasteiger charge is -2.42. The molecule has 2 saturated carbocycles. The number of nitrogens with zero attached hydrogens (tertiary/aromatic N) is 3. The minimum absolute atomic E-state index is 0.0181. The molecule has 3 heterocycles. The highest BCUT2D eigenvalue weighted by atomic mass is 19.4. The van der Waals surface area contributed by atoms with E-state index in [-0.39, 0.29) is 67.3 Å². The van der Waals surface area contributed by atoms with Gasteiger partial charge in [-0.05, 0) is 77.3 Å². The van der Waals surface area contributed by atoms with E-state index in [2.05, 4.69) is 20.5 Å². The summed E-state index contributed by atoms with van der Waals surface area (Å²) >= 11 is 0. The van der Waals surface area contributed by atoms with Crippen molar-refractivity contribution in [3.8, 4) is 11.3 Å². The van der Waals surface area contributed by atoms with Crippen LogP contribution in [0.5, 0.6) is 0 Å². The SMILES string of the molecule is CCOC1(C(F)(F)F)CCC(NC(=O)[C@H]2CCN(C(=O)c3cc(-c4cc(C)ncc4F)[nH]n3)C3(CC3)C2)CC1. The van der Waals surface area contributed by atoms with E-state index in [1.165, 1.54) is 6.07 Å². The number of carbonyl (C=O) groups is 2. The summed E-state index contributed by atoms with van der Waals surface area (Å²) in [5.74, 6) is -1.28. The van der Waals surface area contributed by atoms with Gasteiger partial charge in [0, 0.05) is 41.9 Å². The Balaban J connectivity index is 1.19. The number of carbonyl (C=O) groups excluding carboxylic acids is 2. The number of aromatic amines is 1. The molecule has 39 heavy (non-hydrogen) atoms. The lowest BCUT2D eigenvalue weighted by molar-refractivity contribution is -0.287. The van der Waals surface area contributed by atoms with Gasteiger partial charge in [0.2, 0.25) is 5.91 Å². The Kier molecular flexibility index (Phi) is 7.19. The molecular weight excluding hydrogens is 518 g/mol. The molecule has 1 spiro atoms. The molecule has 1 atom stereocenters. The van der Waals surface area contributed by atoms with Crippen LogP contribution in [0.3, 0.4) is 0 Å². The van der Waals surface area contributed by atoms with Crippen LogP contribution in [0.2, 0.25) is 0 Å². The lowest BCUT2D eigenvalue weighted by Crippen LogP contribution is -2.55. The quantitative estimate of drug-likeness (QED) is 0.507. The molecular formula is C27H33F4N5O3. The van der Waals surface area contributed by atoms with Crippen LogP contribution in [0, 0.1) is 18.7 Å².